The third-order valence-electron chi connectivity index (χ3n) is 6.47. The van der Waals surface area contributed by atoms with Crippen molar-refractivity contribution in [2.24, 2.45) is 18.4 Å². The van der Waals surface area contributed by atoms with Gasteiger partial charge >= 0.3 is 11.8 Å². The molecule has 1 aromatic carbocycles. The van der Waals surface area contributed by atoms with Gasteiger partial charge in [-0.25, -0.2) is 23.9 Å². The van der Waals surface area contributed by atoms with E-state index < -0.39 is 46.7 Å². The molecule has 0 bridgehead atoms. The number of hydrogen-bond donors (Lipinski definition) is 1. The Morgan fingerprint density at radius 2 is 1.92 bits per heavy atom. The molecule has 3 heterocycles. The zero-order valence-corrected chi connectivity index (χ0v) is 21.1. The molecule has 4 rings (SSSR count). The van der Waals surface area contributed by atoms with Crippen molar-refractivity contribution < 1.29 is 19.0 Å². The first kappa shape index (κ1) is 25.8. The number of aromatic nitrogens is 4. The van der Waals surface area contributed by atoms with Crippen molar-refractivity contribution in [2.45, 2.75) is 39.5 Å². The highest BCUT2D eigenvalue weighted by Crippen LogP contribution is 2.38. The smallest absolute Gasteiger partial charge is 0.407 e. The predicted molar refractivity (Wildman–Crippen MR) is 131 cm³/mol. The number of carbonyl (C=O) groups is 1. The Bertz CT molecular complexity index is 1430. The average Bonchev–Trinajstić information content (AvgIpc) is 3.02. The van der Waals surface area contributed by atoms with Crippen LogP contribution in [0.4, 0.5) is 9.18 Å². The lowest BCUT2D eigenvalue weighted by atomic mass is 9.88. The number of rotatable bonds is 3. The summed E-state index contributed by atoms with van der Waals surface area (Å²) in [5, 5.41) is 9.83. The standard InChI is InChI=1S/C24H27ClFN5O5/c1-24(2,3)17-12-30(23(34)35)10-14(19(36-17)13-5-6-15(25)16(26)9-13)11-31-21(32)18-20(28-8-7-27-18)29(4)22(31)33/h5-9,14,17,19H,10-12H2,1-4H3,(H,34,35)/t14-,17?,19-/m0/s1. The largest absolute Gasteiger partial charge is 0.465 e. The molecule has 3 atom stereocenters. The van der Waals surface area contributed by atoms with Crippen molar-refractivity contribution >= 4 is 28.9 Å². The van der Waals surface area contributed by atoms with Gasteiger partial charge in [0.2, 0.25) is 0 Å². The monoisotopic (exact) mass is 519 g/mol. The number of ether oxygens (including phenoxy) is 1. The van der Waals surface area contributed by atoms with Gasteiger partial charge in [0.1, 0.15) is 5.82 Å². The number of amides is 1. The second-order valence-corrected chi connectivity index (χ2v) is 10.4. The number of aryl methyl sites for hydroxylation is 1. The molecule has 2 aromatic heterocycles. The van der Waals surface area contributed by atoms with Gasteiger partial charge in [-0.05, 0) is 23.1 Å². The van der Waals surface area contributed by atoms with E-state index in [9.17, 15) is 23.9 Å². The molecule has 1 aliphatic heterocycles. The van der Waals surface area contributed by atoms with Crippen LogP contribution in [0.3, 0.4) is 0 Å². The normalized spacial score (nSPS) is 20.9. The highest BCUT2D eigenvalue weighted by atomic mass is 35.5. The van der Waals surface area contributed by atoms with Crippen molar-refractivity contribution in [1.82, 2.24) is 24.0 Å². The Kier molecular flexibility index (Phi) is 6.89. The highest BCUT2D eigenvalue weighted by Gasteiger charge is 2.40. The third kappa shape index (κ3) is 4.85. The van der Waals surface area contributed by atoms with E-state index in [0.29, 0.717) is 5.56 Å². The van der Waals surface area contributed by atoms with E-state index in [-0.39, 0.29) is 35.8 Å². The molecule has 1 saturated heterocycles. The van der Waals surface area contributed by atoms with Crippen LogP contribution in [-0.2, 0) is 18.3 Å². The molecule has 0 aliphatic carbocycles. The van der Waals surface area contributed by atoms with E-state index in [2.05, 4.69) is 9.97 Å². The summed E-state index contributed by atoms with van der Waals surface area (Å²) in [5.74, 6) is -1.37. The summed E-state index contributed by atoms with van der Waals surface area (Å²) in [6.07, 6.45) is 0.189. The molecule has 10 nitrogen and oxygen atoms in total. The Balaban J connectivity index is 1.87. The van der Waals surface area contributed by atoms with Crippen LogP contribution in [0.5, 0.6) is 0 Å². The van der Waals surface area contributed by atoms with Gasteiger partial charge < -0.3 is 14.7 Å². The van der Waals surface area contributed by atoms with Crippen molar-refractivity contribution in [2.75, 3.05) is 13.1 Å². The topological polar surface area (TPSA) is 120 Å². The maximum absolute atomic E-state index is 14.5. The van der Waals surface area contributed by atoms with Crippen molar-refractivity contribution in [1.29, 1.82) is 0 Å². The van der Waals surface area contributed by atoms with Gasteiger partial charge in [-0.1, -0.05) is 38.4 Å². The predicted octanol–water partition coefficient (Wildman–Crippen LogP) is 3.07. The molecule has 1 unspecified atom stereocenters. The number of benzene rings is 1. The maximum Gasteiger partial charge on any atom is 0.407 e. The fraction of sp³-hybridized carbons (Fsp3) is 0.458. The summed E-state index contributed by atoms with van der Waals surface area (Å²) in [4.78, 5) is 47.9. The van der Waals surface area contributed by atoms with Gasteiger partial charge in [-0.3, -0.25) is 13.9 Å². The number of carboxylic acid groups (broad SMARTS) is 1. The van der Waals surface area contributed by atoms with Gasteiger partial charge in [0.25, 0.3) is 5.56 Å². The van der Waals surface area contributed by atoms with Crippen molar-refractivity contribution in [3.8, 4) is 0 Å². The van der Waals surface area contributed by atoms with Gasteiger partial charge in [-0.15, -0.1) is 0 Å². The summed E-state index contributed by atoms with van der Waals surface area (Å²) < 4.78 is 23.1. The minimum Gasteiger partial charge on any atom is -0.465 e. The van der Waals surface area contributed by atoms with E-state index in [4.69, 9.17) is 16.3 Å². The van der Waals surface area contributed by atoms with E-state index in [1.54, 1.807) is 6.07 Å². The molecule has 0 spiro atoms. The van der Waals surface area contributed by atoms with Crippen molar-refractivity contribution in [3.63, 3.8) is 0 Å². The first-order chi connectivity index (χ1) is 16.9. The highest BCUT2D eigenvalue weighted by molar-refractivity contribution is 6.30. The third-order valence-corrected chi connectivity index (χ3v) is 6.77. The zero-order valence-electron chi connectivity index (χ0n) is 20.3. The first-order valence-electron chi connectivity index (χ1n) is 11.4. The van der Waals surface area contributed by atoms with E-state index in [1.807, 2.05) is 20.8 Å². The lowest BCUT2D eigenvalue weighted by molar-refractivity contribution is -0.0791. The van der Waals surface area contributed by atoms with Crippen LogP contribution in [-0.4, -0.2) is 54.4 Å². The summed E-state index contributed by atoms with van der Waals surface area (Å²) in [6, 6.07) is 4.24. The SMILES string of the molecule is Cn1c(=O)n(C[C@@H]2CN(C(=O)O)CC(C(C)(C)C)O[C@H]2c2ccc(Cl)c(F)c2)c(=O)c2nccnc21. The van der Waals surface area contributed by atoms with Crippen LogP contribution in [0.2, 0.25) is 5.02 Å². The van der Waals surface area contributed by atoms with Crippen LogP contribution in [0.1, 0.15) is 32.4 Å². The second kappa shape index (κ2) is 9.62. The molecule has 1 N–H and O–H groups in total. The minimum atomic E-state index is -1.16. The zero-order chi connectivity index (χ0) is 26.4. The van der Waals surface area contributed by atoms with Crippen LogP contribution < -0.4 is 11.2 Å². The van der Waals surface area contributed by atoms with Gasteiger partial charge in [0, 0.05) is 38.4 Å². The number of fused-ring (bicyclic) bond motifs is 1. The summed E-state index contributed by atoms with van der Waals surface area (Å²) in [6.45, 7) is 5.58. The lowest BCUT2D eigenvalue weighted by Crippen LogP contribution is -2.44. The van der Waals surface area contributed by atoms with Crippen LogP contribution in [0, 0.1) is 17.2 Å². The average molecular weight is 520 g/mol. The molecular weight excluding hydrogens is 493 g/mol. The summed E-state index contributed by atoms with van der Waals surface area (Å²) in [5.41, 5.74) is -1.18. The molecule has 0 radical (unpaired) electrons. The molecule has 192 valence electrons. The van der Waals surface area contributed by atoms with Crippen LogP contribution >= 0.6 is 11.6 Å². The van der Waals surface area contributed by atoms with Gasteiger partial charge in [-0.2, -0.15) is 0 Å². The second-order valence-electron chi connectivity index (χ2n) is 10.0. The molecule has 12 heteroatoms. The quantitative estimate of drug-likeness (QED) is 0.564. The Hall–Kier alpha value is -3.31. The Morgan fingerprint density at radius 3 is 2.56 bits per heavy atom. The Labute approximate surface area is 210 Å². The molecule has 36 heavy (non-hydrogen) atoms. The summed E-state index contributed by atoms with van der Waals surface area (Å²) >= 11 is 5.89. The number of nitrogens with zero attached hydrogens (tertiary/aromatic N) is 5. The molecular formula is C24H27ClFN5O5. The molecule has 1 fully saturated rings. The maximum atomic E-state index is 14.5. The fourth-order valence-corrected chi connectivity index (χ4v) is 4.54. The van der Waals surface area contributed by atoms with Crippen molar-refractivity contribution in [3.05, 3.63) is 67.8 Å². The summed E-state index contributed by atoms with van der Waals surface area (Å²) in [7, 11) is 1.48. The van der Waals surface area contributed by atoms with Gasteiger partial charge in [0.05, 0.1) is 23.8 Å². The van der Waals surface area contributed by atoms with E-state index in [0.717, 1.165) is 4.57 Å². The Morgan fingerprint density at radius 1 is 1.22 bits per heavy atom. The van der Waals surface area contributed by atoms with Crippen LogP contribution in [0.25, 0.3) is 11.2 Å². The number of halogens is 2. The molecule has 1 aliphatic rings. The fourth-order valence-electron chi connectivity index (χ4n) is 4.42. The minimum absolute atomic E-state index is 0.00545. The van der Waals surface area contributed by atoms with E-state index >= 15 is 0 Å². The molecule has 0 saturated carbocycles. The number of hydrogen-bond acceptors (Lipinski definition) is 6. The first-order valence-corrected chi connectivity index (χ1v) is 11.7. The molecule has 1 amide bonds. The van der Waals surface area contributed by atoms with E-state index in [1.165, 1.54) is 41.0 Å². The molecule has 3 aromatic rings. The van der Waals surface area contributed by atoms with Gasteiger partial charge in [0.15, 0.2) is 11.2 Å². The van der Waals surface area contributed by atoms with Crippen LogP contribution in [0.15, 0.2) is 40.2 Å². The lowest BCUT2D eigenvalue weighted by Gasteiger charge is -2.34.